The van der Waals surface area contributed by atoms with E-state index in [0.29, 0.717) is 12.0 Å². The molecule has 0 aromatic heterocycles. The molecule has 0 saturated carbocycles. The maximum atomic E-state index is 12.7. The Labute approximate surface area is 159 Å². The van der Waals surface area contributed by atoms with Crippen LogP contribution in [0.1, 0.15) is 34.1 Å². The number of esters is 1. The van der Waals surface area contributed by atoms with Crippen molar-refractivity contribution in [3.8, 4) is 0 Å². The van der Waals surface area contributed by atoms with Crippen LogP contribution in [0.2, 0.25) is 0 Å². The summed E-state index contributed by atoms with van der Waals surface area (Å²) in [5, 5.41) is 6.14. The van der Waals surface area contributed by atoms with Gasteiger partial charge < -0.3 is 4.74 Å². The van der Waals surface area contributed by atoms with Gasteiger partial charge in [0.1, 0.15) is 6.04 Å². The molecule has 0 spiro atoms. The molecule has 0 amide bonds. The standard InChI is InChI=1S/C20H28N2O5/c1-10-8-11(2)19(23)14(5)13(4)12(3)9-27-20(24)16(7)18(22-26)15(6)17(10)21-25/h10-12,15,17-18H,4-5,7-9H2,1-3,6H3/t10-,11+,12-,15+,17-,18-/m0/s1. The van der Waals surface area contributed by atoms with Gasteiger partial charge in [-0.15, -0.1) is 0 Å². The van der Waals surface area contributed by atoms with Crippen LogP contribution in [0.5, 0.6) is 0 Å². The van der Waals surface area contributed by atoms with Crippen LogP contribution in [0, 0.1) is 33.5 Å². The van der Waals surface area contributed by atoms with Crippen molar-refractivity contribution in [1.29, 1.82) is 0 Å². The van der Waals surface area contributed by atoms with Gasteiger partial charge >= 0.3 is 5.97 Å². The molecule has 0 aliphatic carbocycles. The highest BCUT2D eigenvalue weighted by atomic mass is 16.5. The minimum Gasteiger partial charge on any atom is -0.462 e. The number of rotatable bonds is 2. The number of nitrogens with zero attached hydrogens (tertiary/aromatic N) is 2. The smallest absolute Gasteiger partial charge is 0.335 e. The van der Waals surface area contributed by atoms with Crippen molar-refractivity contribution < 1.29 is 14.3 Å². The number of hydrogen-bond donors (Lipinski definition) is 0. The van der Waals surface area contributed by atoms with E-state index in [9.17, 15) is 19.4 Å². The average Bonchev–Trinajstić information content (AvgIpc) is 2.64. The van der Waals surface area contributed by atoms with Crippen LogP contribution in [0.3, 0.4) is 0 Å². The van der Waals surface area contributed by atoms with Crippen molar-refractivity contribution in [2.45, 2.75) is 46.2 Å². The highest BCUT2D eigenvalue weighted by Crippen LogP contribution is 2.32. The fourth-order valence-corrected chi connectivity index (χ4v) is 3.45. The van der Waals surface area contributed by atoms with Gasteiger partial charge in [-0.2, -0.15) is 9.81 Å². The first kappa shape index (κ1) is 22.6. The molecule has 0 radical (unpaired) electrons. The Morgan fingerprint density at radius 3 is 2.04 bits per heavy atom. The van der Waals surface area contributed by atoms with E-state index >= 15 is 0 Å². The van der Waals surface area contributed by atoms with Crippen LogP contribution in [0.15, 0.2) is 46.8 Å². The van der Waals surface area contributed by atoms with E-state index in [1.165, 1.54) is 0 Å². The normalized spacial score (nSPS) is 34.6. The second-order valence-electron chi connectivity index (χ2n) is 7.51. The third-order valence-electron chi connectivity index (χ3n) is 5.39. The topological polar surface area (TPSA) is 102 Å². The number of ketones is 1. The number of carbonyl (C=O) groups is 2. The summed E-state index contributed by atoms with van der Waals surface area (Å²) in [4.78, 5) is 47.8. The van der Waals surface area contributed by atoms with Gasteiger partial charge in [0.05, 0.1) is 18.2 Å². The molecule has 1 saturated heterocycles. The zero-order valence-electron chi connectivity index (χ0n) is 16.4. The zero-order chi connectivity index (χ0) is 20.9. The van der Waals surface area contributed by atoms with Crippen molar-refractivity contribution in [1.82, 2.24) is 0 Å². The molecule has 0 N–H and O–H groups in total. The zero-order valence-corrected chi connectivity index (χ0v) is 16.4. The summed E-state index contributed by atoms with van der Waals surface area (Å²) < 4.78 is 5.21. The number of Topliss-reactive ketones (excluding diaryl/α,β-unsaturated/α-hetero) is 1. The van der Waals surface area contributed by atoms with Crippen LogP contribution in [0.4, 0.5) is 0 Å². The average molecular weight is 376 g/mol. The van der Waals surface area contributed by atoms with Crippen LogP contribution >= 0.6 is 0 Å². The molecule has 1 rings (SSSR count). The maximum Gasteiger partial charge on any atom is 0.335 e. The fourth-order valence-electron chi connectivity index (χ4n) is 3.45. The second kappa shape index (κ2) is 9.48. The second-order valence-corrected chi connectivity index (χ2v) is 7.51. The Balaban J connectivity index is 3.30. The lowest BCUT2D eigenvalue weighted by molar-refractivity contribution is -0.140. The molecule has 7 nitrogen and oxygen atoms in total. The summed E-state index contributed by atoms with van der Waals surface area (Å²) >= 11 is 0. The first-order valence-corrected chi connectivity index (χ1v) is 8.99. The highest BCUT2D eigenvalue weighted by Gasteiger charge is 2.37. The molecule has 27 heavy (non-hydrogen) atoms. The van der Waals surface area contributed by atoms with E-state index < -0.39 is 29.9 Å². The molecule has 0 aromatic carbocycles. The molecule has 7 heteroatoms. The number of allylic oxidation sites excluding steroid dienone is 1. The predicted octanol–water partition coefficient (Wildman–Crippen LogP) is 3.99. The lowest BCUT2D eigenvalue weighted by Crippen LogP contribution is -2.36. The van der Waals surface area contributed by atoms with Crippen LogP contribution in [-0.2, 0) is 14.3 Å². The lowest BCUT2D eigenvalue weighted by Gasteiger charge is -2.29. The van der Waals surface area contributed by atoms with Gasteiger partial charge in [-0.1, -0.05) is 57.8 Å². The fraction of sp³-hybridized carbons (Fsp3) is 0.600. The molecular formula is C20H28N2O5. The van der Waals surface area contributed by atoms with Gasteiger partial charge in [-0.25, -0.2) is 4.79 Å². The third kappa shape index (κ3) is 5.05. The number of carbonyl (C=O) groups excluding carboxylic acids is 2. The first-order valence-electron chi connectivity index (χ1n) is 8.99. The number of nitroso groups, excluding NO2 is 2. The minimum atomic E-state index is -1.13. The van der Waals surface area contributed by atoms with Crippen molar-refractivity contribution in [3.05, 3.63) is 46.3 Å². The summed E-state index contributed by atoms with van der Waals surface area (Å²) in [5.41, 5.74) is 0.653. The van der Waals surface area contributed by atoms with Crippen LogP contribution in [-0.4, -0.2) is 30.4 Å². The van der Waals surface area contributed by atoms with Crippen LogP contribution < -0.4 is 0 Å². The summed E-state index contributed by atoms with van der Waals surface area (Å²) in [5.74, 6) is -2.64. The Bertz CT molecular complexity index is 669. The minimum absolute atomic E-state index is 0.0386. The van der Waals surface area contributed by atoms with E-state index in [1.807, 2.05) is 0 Å². The van der Waals surface area contributed by atoms with Gasteiger partial charge in [-0.3, -0.25) is 4.79 Å². The molecular weight excluding hydrogens is 348 g/mol. The van der Waals surface area contributed by atoms with Gasteiger partial charge in [-0.05, 0) is 17.9 Å². The van der Waals surface area contributed by atoms with Crippen molar-refractivity contribution in [2.24, 2.45) is 34.0 Å². The number of ether oxygens (including phenoxy) is 1. The van der Waals surface area contributed by atoms with Crippen LogP contribution in [0.25, 0.3) is 0 Å². The Hall–Kier alpha value is -2.44. The van der Waals surface area contributed by atoms with E-state index in [0.717, 1.165) is 0 Å². The summed E-state index contributed by atoms with van der Waals surface area (Å²) in [6, 6.07) is -1.95. The van der Waals surface area contributed by atoms with E-state index in [1.54, 1.807) is 27.7 Å². The number of cyclic esters (lactones) is 1. The molecule has 0 unspecified atom stereocenters. The van der Waals surface area contributed by atoms with Gasteiger partial charge in [0.25, 0.3) is 0 Å². The summed E-state index contributed by atoms with van der Waals surface area (Å²) in [7, 11) is 0. The van der Waals surface area contributed by atoms with Gasteiger partial charge in [0, 0.05) is 23.3 Å². The Kier molecular flexibility index (Phi) is 7.94. The molecule has 0 aromatic rings. The molecule has 0 bridgehead atoms. The molecule has 6 atom stereocenters. The van der Waals surface area contributed by atoms with Crippen molar-refractivity contribution in [3.63, 3.8) is 0 Å². The van der Waals surface area contributed by atoms with Crippen molar-refractivity contribution >= 4 is 11.8 Å². The first-order chi connectivity index (χ1) is 12.6. The Morgan fingerprint density at radius 2 is 1.52 bits per heavy atom. The molecule has 1 fully saturated rings. The Morgan fingerprint density at radius 1 is 0.926 bits per heavy atom. The highest BCUT2D eigenvalue weighted by molar-refractivity contribution is 6.00. The monoisotopic (exact) mass is 376 g/mol. The molecule has 148 valence electrons. The van der Waals surface area contributed by atoms with Gasteiger partial charge in [0.2, 0.25) is 0 Å². The van der Waals surface area contributed by atoms with Crippen molar-refractivity contribution in [2.75, 3.05) is 6.61 Å². The molecule has 1 aliphatic heterocycles. The van der Waals surface area contributed by atoms with E-state index in [-0.39, 0.29) is 35.4 Å². The largest absolute Gasteiger partial charge is 0.462 e. The van der Waals surface area contributed by atoms with Gasteiger partial charge in [0.15, 0.2) is 5.78 Å². The molecule has 1 aliphatic rings. The van der Waals surface area contributed by atoms with E-state index in [4.69, 9.17) is 4.74 Å². The summed E-state index contributed by atoms with van der Waals surface area (Å²) in [6.45, 7) is 18.3. The third-order valence-corrected chi connectivity index (χ3v) is 5.39. The van der Waals surface area contributed by atoms with E-state index in [2.05, 4.69) is 30.1 Å². The number of hydrogen-bond acceptors (Lipinski definition) is 7. The quantitative estimate of drug-likeness (QED) is 0.412. The predicted molar refractivity (Wildman–Crippen MR) is 104 cm³/mol. The molecule has 1 heterocycles. The lowest BCUT2D eigenvalue weighted by atomic mass is 9.78. The SMILES string of the molecule is C=C1C(=C)[C@@H](C)COC(=O)C(=C)[C@@H](N=O)[C@H](C)[C@@H](N=O)[C@@H](C)C[C@@H](C)C1=O. The summed E-state index contributed by atoms with van der Waals surface area (Å²) in [6.07, 6.45) is 0.378. The maximum absolute atomic E-state index is 12.7.